The van der Waals surface area contributed by atoms with Crippen LogP contribution in [0.5, 0.6) is 0 Å². The molecule has 0 fully saturated rings. The predicted molar refractivity (Wildman–Crippen MR) is 94.5 cm³/mol. The molecule has 2 rings (SSSR count). The molecule has 0 aliphatic rings. The zero-order valence-corrected chi connectivity index (χ0v) is 15.2. The number of hydrogen-bond acceptors (Lipinski definition) is 6. The first kappa shape index (κ1) is 18.4. The second-order valence-electron chi connectivity index (χ2n) is 5.24. The fraction of sp³-hybridized carbons (Fsp3) is 0.333. The number of anilines is 1. The summed E-state index contributed by atoms with van der Waals surface area (Å²) >= 11 is 1.14. The smallest absolute Gasteiger partial charge is 0.250 e. The van der Waals surface area contributed by atoms with E-state index >= 15 is 0 Å². The maximum absolute atomic E-state index is 11.9. The van der Waals surface area contributed by atoms with Crippen LogP contribution in [-0.2, 0) is 21.4 Å². The topological polar surface area (TPSA) is 91.4 Å². The number of thiophene rings is 1. The lowest BCUT2D eigenvalue weighted by atomic mass is 10.2. The monoisotopic (exact) mass is 368 g/mol. The van der Waals surface area contributed by atoms with Crippen LogP contribution in [0.4, 0.5) is 5.82 Å². The number of rotatable bonds is 8. The first-order chi connectivity index (χ1) is 11.4. The molecule has 0 atom stereocenters. The Kier molecular flexibility index (Phi) is 6.29. The zero-order valence-electron chi connectivity index (χ0n) is 13.5. The van der Waals surface area contributed by atoms with Gasteiger partial charge in [0.25, 0.3) is 0 Å². The van der Waals surface area contributed by atoms with E-state index in [9.17, 15) is 13.2 Å². The van der Waals surface area contributed by atoms with Crippen LogP contribution in [0.25, 0.3) is 0 Å². The molecule has 0 saturated carbocycles. The van der Waals surface area contributed by atoms with E-state index in [4.69, 9.17) is 0 Å². The van der Waals surface area contributed by atoms with Crippen LogP contribution in [0.3, 0.4) is 0 Å². The van der Waals surface area contributed by atoms with Crippen LogP contribution in [0.1, 0.15) is 12.0 Å². The largest absolute Gasteiger partial charge is 0.362 e. The highest BCUT2D eigenvalue weighted by Crippen LogP contribution is 2.15. The highest BCUT2D eigenvalue weighted by atomic mass is 32.2. The fourth-order valence-corrected chi connectivity index (χ4v) is 4.11. The fourth-order valence-electron chi connectivity index (χ4n) is 2.04. The Morgan fingerprint density at radius 3 is 2.75 bits per heavy atom. The maximum atomic E-state index is 11.9. The first-order valence-corrected chi connectivity index (χ1v) is 9.67. The van der Waals surface area contributed by atoms with Gasteiger partial charge in [-0.05, 0) is 17.5 Å². The van der Waals surface area contributed by atoms with Crippen molar-refractivity contribution in [1.29, 1.82) is 0 Å². The van der Waals surface area contributed by atoms with E-state index in [-0.39, 0.29) is 23.1 Å². The Hall–Kier alpha value is -1.97. The van der Waals surface area contributed by atoms with E-state index in [0.29, 0.717) is 6.54 Å². The SMILES string of the molecule is CN(C)c1ncccc1CNC(=O)CCNS(=O)(=O)c1cccs1. The molecule has 0 unspecified atom stereocenters. The number of pyridine rings is 1. The van der Waals surface area contributed by atoms with Crippen LogP contribution < -0.4 is 14.9 Å². The van der Waals surface area contributed by atoms with Crippen molar-refractivity contribution in [2.75, 3.05) is 25.5 Å². The normalized spacial score (nSPS) is 11.2. The summed E-state index contributed by atoms with van der Waals surface area (Å²) in [6, 6.07) is 6.90. The molecule has 2 aromatic rings. The van der Waals surface area contributed by atoms with Crippen molar-refractivity contribution in [1.82, 2.24) is 15.0 Å². The summed E-state index contributed by atoms with van der Waals surface area (Å²) < 4.78 is 26.5. The van der Waals surface area contributed by atoms with Gasteiger partial charge in [0.1, 0.15) is 10.0 Å². The molecule has 24 heavy (non-hydrogen) atoms. The Bertz CT molecular complexity index is 774. The summed E-state index contributed by atoms with van der Waals surface area (Å²) in [5.41, 5.74) is 0.898. The molecule has 2 N–H and O–H groups in total. The van der Waals surface area contributed by atoms with Gasteiger partial charge in [-0.3, -0.25) is 4.79 Å². The molecule has 9 heteroatoms. The van der Waals surface area contributed by atoms with E-state index in [1.54, 1.807) is 17.6 Å². The number of nitrogens with zero attached hydrogens (tertiary/aromatic N) is 2. The Morgan fingerprint density at radius 1 is 1.29 bits per heavy atom. The Labute approximate surface area is 145 Å². The van der Waals surface area contributed by atoms with Crippen molar-refractivity contribution in [3.05, 3.63) is 41.4 Å². The van der Waals surface area contributed by atoms with Gasteiger partial charge < -0.3 is 10.2 Å². The lowest BCUT2D eigenvalue weighted by Crippen LogP contribution is -2.30. The van der Waals surface area contributed by atoms with Crippen LogP contribution in [0.15, 0.2) is 40.1 Å². The summed E-state index contributed by atoms with van der Waals surface area (Å²) in [6.45, 7) is 0.400. The number of sulfonamides is 1. The molecule has 0 aliphatic carbocycles. The maximum Gasteiger partial charge on any atom is 0.250 e. The van der Waals surface area contributed by atoms with Gasteiger partial charge in [0.15, 0.2) is 0 Å². The molecule has 0 radical (unpaired) electrons. The van der Waals surface area contributed by atoms with Crippen molar-refractivity contribution in [3.63, 3.8) is 0 Å². The molecule has 2 heterocycles. The van der Waals surface area contributed by atoms with Gasteiger partial charge in [0.05, 0.1) is 0 Å². The first-order valence-electron chi connectivity index (χ1n) is 7.31. The van der Waals surface area contributed by atoms with Gasteiger partial charge in [-0.1, -0.05) is 12.1 Å². The summed E-state index contributed by atoms with van der Waals surface area (Å²) in [7, 11) is 0.238. The number of aromatic nitrogens is 1. The van der Waals surface area contributed by atoms with E-state index < -0.39 is 10.0 Å². The molecule has 1 amide bonds. The molecule has 130 valence electrons. The third kappa shape index (κ3) is 5.02. The summed E-state index contributed by atoms with van der Waals surface area (Å²) in [4.78, 5) is 18.0. The van der Waals surface area contributed by atoms with Gasteiger partial charge in [-0.15, -0.1) is 11.3 Å². The van der Waals surface area contributed by atoms with Crippen molar-refractivity contribution < 1.29 is 13.2 Å². The van der Waals surface area contributed by atoms with Gasteiger partial charge in [0, 0.05) is 45.4 Å². The number of carbonyl (C=O) groups excluding carboxylic acids is 1. The van der Waals surface area contributed by atoms with E-state index in [2.05, 4.69) is 15.0 Å². The van der Waals surface area contributed by atoms with E-state index in [0.717, 1.165) is 22.7 Å². The molecule has 7 nitrogen and oxygen atoms in total. The second kappa shape index (κ2) is 8.22. The molecule has 0 bridgehead atoms. The standard InChI is InChI=1S/C15H20N4O3S2/c1-19(2)15-12(5-3-8-16-15)11-17-13(20)7-9-18-24(21,22)14-6-4-10-23-14/h3-6,8,10,18H,7,9,11H2,1-2H3,(H,17,20). The van der Waals surface area contributed by atoms with Crippen molar-refractivity contribution in [2.24, 2.45) is 0 Å². The third-order valence-corrected chi connectivity index (χ3v) is 6.03. The predicted octanol–water partition coefficient (Wildman–Crippen LogP) is 1.19. The lowest BCUT2D eigenvalue weighted by Gasteiger charge is -2.16. The van der Waals surface area contributed by atoms with Gasteiger partial charge >= 0.3 is 0 Å². The molecule has 0 aliphatic heterocycles. The Balaban J connectivity index is 1.80. The van der Waals surface area contributed by atoms with Crippen molar-refractivity contribution in [3.8, 4) is 0 Å². The third-order valence-electron chi connectivity index (χ3n) is 3.17. The molecule has 0 spiro atoms. The quantitative estimate of drug-likeness (QED) is 0.730. The minimum atomic E-state index is -3.53. The van der Waals surface area contributed by atoms with Gasteiger partial charge in [0.2, 0.25) is 15.9 Å². The Morgan fingerprint density at radius 2 is 2.08 bits per heavy atom. The van der Waals surface area contributed by atoms with E-state index in [1.165, 1.54) is 6.07 Å². The lowest BCUT2D eigenvalue weighted by molar-refractivity contribution is -0.121. The zero-order chi connectivity index (χ0) is 17.6. The number of amides is 1. The molecule has 0 saturated heterocycles. The molecular formula is C15H20N4O3S2. The highest BCUT2D eigenvalue weighted by molar-refractivity contribution is 7.91. The van der Waals surface area contributed by atoms with Crippen molar-refractivity contribution in [2.45, 2.75) is 17.2 Å². The van der Waals surface area contributed by atoms with Crippen molar-refractivity contribution >= 4 is 33.1 Å². The van der Waals surface area contributed by atoms with Gasteiger partial charge in [-0.25, -0.2) is 18.1 Å². The minimum Gasteiger partial charge on any atom is -0.362 e. The number of nitrogens with one attached hydrogen (secondary N) is 2. The molecule has 0 aromatic carbocycles. The number of carbonyl (C=O) groups is 1. The van der Waals surface area contributed by atoms with Crippen LogP contribution in [-0.4, -0.2) is 39.9 Å². The number of hydrogen-bond donors (Lipinski definition) is 2. The average Bonchev–Trinajstić information content (AvgIpc) is 3.08. The molecule has 2 aromatic heterocycles. The van der Waals surface area contributed by atoms with Gasteiger partial charge in [-0.2, -0.15) is 0 Å². The summed E-state index contributed by atoms with van der Waals surface area (Å²) in [5, 5.41) is 4.47. The minimum absolute atomic E-state index is 0.0552. The van der Waals surface area contributed by atoms with Crippen LogP contribution in [0, 0.1) is 0 Å². The average molecular weight is 368 g/mol. The highest BCUT2D eigenvalue weighted by Gasteiger charge is 2.15. The van der Waals surface area contributed by atoms with Crippen LogP contribution >= 0.6 is 11.3 Å². The van der Waals surface area contributed by atoms with Crippen LogP contribution in [0.2, 0.25) is 0 Å². The van der Waals surface area contributed by atoms with E-state index in [1.807, 2.05) is 31.1 Å². The molecular weight excluding hydrogens is 348 g/mol. The summed E-state index contributed by atoms with van der Waals surface area (Å²) in [5.74, 6) is 0.564. The summed E-state index contributed by atoms with van der Waals surface area (Å²) in [6.07, 6.45) is 1.77. The second-order valence-corrected chi connectivity index (χ2v) is 8.18.